The third kappa shape index (κ3) is 4.27. The summed E-state index contributed by atoms with van der Waals surface area (Å²) in [6, 6.07) is 0. The number of hydrogen-bond donors (Lipinski definition) is 0. The van der Waals surface area contributed by atoms with Gasteiger partial charge in [-0.2, -0.15) is 0 Å². The van der Waals surface area contributed by atoms with Gasteiger partial charge in [0.05, 0.1) is 30.8 Å². The van der Waals surface area contributed by atoms with Crippen molar-refractivity contribution in [2.45, 2.75) is 50.9 Å². The Bertz CT molecular complexity index is 175. The van der Waals surface area contributed by atoms with Crippen LogP contribution in [0.15, 0.2) is 0 Å². The SMILES string of the molecule is CCOC1C(Cl)CC1OCCOC(C)C. The van der Waals surface area contributed by atoms with Gasteiger partial charge in [-0.15, -0.1) is 11.6 Å². The van der Waals surface area contributed by atoms with Gasteiger partial charge in [0, 0.05) is 6.61 Å². The standard InChI is InChI=1S/C11H21ClO3/c1-4-13-11-9(12)7-10(11)15-6-5-14-8(2)3/h8-11H,4-7H2,1-3H3. The Kier molecular flexibility index (Phi) is 5.90. The average Bonchev–Trinajstić information content (AvgIpc) is 2.18. The topological polar surface area (TPSA) is 27.7 Å². The van der Waals surface area contributed by atoms with E-state index in [0.29, 0.717) is 19.8 Å². The van der Waals surface area contributed by atoms with E-state index in [9.17, 15) is 0 Å². The predicted octanol–water partition coefficient (Wildman–Crippen LogP) is 2.21. The molecule has 0 bridgehead atoms. The molecule has 0 amide bonds. The summed E-state index contributed by atoms with van der Waals surface area (Å²) in [4.78, 5) is 0. The monoisotopic (exact) mass is 236 g/mol. The molecule has 15 heavy (non-hydrogen) atoms. The summed E-state index contributed by atoms with van der Waals surface area (Å²) >= 11 is 6.02. The summed E-state index contributed by atoms with van der Waals surface area (Å²) in [7, 11) is 0. The Balaban J connectivity index is 2.06. The van der Waals surface area contributed by atoms with Gasteiger partial charge in [-0.3, -0.25) is 0 Å². The number of alkyl halides is 1. The van der Waals surface area contributed by atoms with Gasteiger partial charge >= 0.3 is 0 Å². The second kappa shape index (κ2) is 6.69. The third-order valence-electron chi connectivity index (χ3n) is 2.41. The first-order valence-corrected chi connectivity index (χ1v) is 6.07. The van der Waals surface area contributed by atoms with E-state index in [1.54, 1.807) is 0 Å². The summed E-state index contributed by atoms with van der Waals surface area (Å²) in [6.45, 7) is 7.95. The van der Waals surface area contributed by atoms with Gasteiger partial charge in [0.1, 0.15) is 6.10 Å². The van der Waals surface area contributed by atoms with Crippen molar-refractivity contribution in [1.82, 2.24) is 0 Å². The fraction of sp³-hybridized carbons (Fsp3) is 1.00. The molecule has 1 rings (SSSR count). The van der Waals surface area contributed by atoms with E-state index in [2.05, 4.69) is 0 Å². The molecule has 3 atom stereocenters. The van der Waals surface area contributed by atoms with Crippen molar-refractivity contribution < 1.29 is 14.2 Å². The highest BCUT2D eigenvalue weighted by Crippen LogP contribution is 2.31. The van der Waals surface area contributed by atoms with E-state index in [1.807, 2.05) is 20.8 Å². The molecule has 0 aromatic heterocycles. The summed E-state index contributed by atoms with van der Waals surface area (Å²) in [5, 5.41) is 0.112. The Morgan fingerprint density at radius 2 is 2.00 bits per heavy atom. The minimum Gasteiger partial charge on any atom is -0.376 e. The lowest BCUT2D eigenvalue weighted by Gasteiger charge is -2.40. The zero-order valence-electron chi connectivity index (χ0n) is 9.74. The lowest BCUT2D eigenvalue weighted by Crippen LogP contribution is -2.51. The highest BCUT2D eigenvalue weighted by Gasteiger charge is 2.41. The molecule has 3 nitrogen and oxygen atoms in total. The fourth-order valence-corrected chi connectivity index (χ4v) is 1.99. The van der Waals surface area contributed by atoms with Crippen LogP contribution in [0.4, 0.5) is 0 Å². The van der Waals surface area contributed by atoms with Crippen LogP contribution in [0, 0.1) is 0 Å². The van der Waals surface area contributed by atoms with E-state index in [-0.39, 0.29) is 23.7 Å². The lowest BCUT2D eigenvalue weighted by molar-refractivity contribution is -0.131. The van der Waals surface area contributed by atoms with Crippen molar-refractivity contribution in [3.8, 4) is 0 Å². The van der Waals surface area contributed by atoms with Crippen LogP contribution in [0.3, 0.4) is 0 Å². The normalized spacial score (nSPS) is 30.6. The van der Waals surface area contributed by atoms with Crippen molar-refractivity contribution in [1.29, 1.82) is 0 Å². The van der Waals surface area contributed by atoms with Gasteiger partial charge in [-0.25, -0.2) is 0 Å². The van der Waals surface area contributed by atoms with Crippen LogP contribution >= 0.6 is 11.6 Å². The maximum absolute atomic E-state index is 6.02. The summed E-state index contributed by atoms with van der Waals surface area (Å²) in [5.74, 6) is 0. The Labute approximate surface area is 97.0 Å². The molecule has 0 N–H and O–H groups in total. The van der Waals surface area contributed by atoms with E-state index in [1.165, 1.54) is 0 Å². The third-order valence-corrected chi connectivity index (χ3v) is 2.83. The molecule has 1 aliphatic carbocycles. The first kappa shape index (κ1) is 13.2. The molecule has 0 aliphatic heterocycles. The maximum atomic E-state index is 6.02. The molecular weight excluding hydrogens is 216 g/mol. The molecule has 90 valence electrons. The number of rotatable bonds is 7. The van der Waals surface area contributed by atoms with Crippen LogP contribution in [0.25, 0.3) is 0 Å². The second-order valence-corrected chi connectivity index (χ2v) is 4.56. The van der Waals surface area contributed by atoms with Gasteiger partial charge in [0.25, 0.3) is 0 Å². The van der Waals surface area contributed by atoms with E-state index in [4.69, 9.17) is 25.8 Å². The average molecular weight is 237 g/mol. The molecule has 3 unspecified atom stereocenters. The van der Waals surface area contributed by atoms with Crippen LogP contribution in [0.2, 0.25) is 0 Å². The largest absolute Gasteiger partial charge is 0.376 e. The predicted molar refractivity (Wildman–Crippen MR) is 60.5 cm³/mol. The lowest BCUT2D eigenvalue weighted by atomic mass is 9.91. The van der Waals surface area contributed by atoms with E-state index >= 15 is 0 Å². The molecule has 0 radical (unpaired) electrons. The molecular formula is C11H21ClO3. The van der Waals surface area contributed by atoms with Crippen molar-refractivity contribution in [2.75, 3.05) is 19.8 Å². The highest BCUT2D eigenvalue weighted by molar-refractivity contribution is 6.21. The van der Waals surface area contributed by atoms with Gasteiger partial charge in [-0.1, -0.05) is 0 Å². The Hall–Kier alpha value is 0.170. The van der Waals surface area contributed by atoms with Crippen LogP contribution < -0.4 is 0 Å². The molecule has 1 fully saturated rings. The smallest absolute Gasteiger partial charge is 0.100 e. The molecule has 0 saturated heterocycles. The van der Waals surface area contributed by atoms with Crippen LogP contribution in [-0.4, -0.2) is 43.5 Å². The molecule has 0 aromatic rings. The van der Waals surface area contributed by atoms with Gasteiger partial charge < -0.3 is 14.2 Å². The first-order chi connectivity index (χ1) is 7.15. The zero-order chi connectivity index (χ0) is 11.3. The zero-order valence-corrected chi connectivity index (χ0v) is 10.5. The van der Waals surface area contributed by atoms with Gasteiger partial charge in [0.2, 0.25) is 0 Å². The molecule has 0 aromatic carbocycles. The van der Waals surface area contributed by atoms with Crippen LogP contribution in [0.1, 0.15) is 27.2 Å². The number of ether oxygens (including phenoxy) is 3. The number of hydrogen-bond acceptors (Lipinski definition) is 3. The van der Waals surface area contributed by atoms with Gasteiger partial charge in [-0.05, 0) is 27.2 Å². The quantitative estimate of drug-likeness (QED) is 0.501. The van der Waals surface area contributed by atoms with Crippen LogP contribution in [-0.2, 0) is 14.2 Å². The van der Waals surface area contributed by atoms with Crippen molar-refractivity contribution in [3.05, 3.63) is 0 Å². The maximum Gasteiger partial charge on any atom is 0.100 e. The van der Waals surface area contributed by atoms with Crippen LogP contribution in [0.5, 0.6) is 0 Å². The first-order valence-electron chi connectivity index (χ1n) is 5.64. The highest BCUT2D eigenvalue weighted by atomic mass is 35.5. The van der Waals surface area contributed by atoms with Crippen molar-refractivity contribution in [3.63, 3.8) is 0 Å². The second-order valence-electron chi connectivity index (χ2n) is 4.00. The van der Waals surface area contributed by atoms with Crippen molar-refractivity contribution in [2.24, 2.45) is 0 Å². The molecule has 0 heterocycles. The minimum absolute atomic E-state index is 0.0655. The van der Waals surface area contributed by atoms with E-state index in [0.717, 1.165) is 6.42 Å². The molecule has 4 heteroatoms. The Morgan fingerprint density at radius 3 is 2.53 bits per heavy atom. The molecule has 1 saturated carbocycles. The minimum atomic E-state index is 0.0655. The number of halogens is 1. The molecule has 1 aliphatic rings. The Morgan fingerprint density at radius 1 is 1.27 bits per heavy atom. The van der Waals surface area contributed by atoms with E-state index < -0.39 is 0 Å². The fourth-order valence-electron chi connectivity index (χ4n) is 1.58. The summed E-state index contributed by atoms with van der Waals surface area (Å²) in [5.41, 5.74) is 0. The molecule has 0 spiro atoms. The summed E-state index contributed by atoms with van der Waals surface area (Å²) < 4.78 is 16.5. The van der Waals surface area contributed by atoms with Crippen molar-refractivity contribution >= 4 is 11.6 Å². The van der Waals surface area contributed by atoms with Gasteiger partial charge in [0.15, 0.2) is 0 Å². The summed E-state index contributed by atoms with van der Waals surface area (Å²) in [6.07, 6.45) is 1.37.